The highest BCUT2D eigenvalue weighted by Crippen LogP contribution is 2.43. The molecular weight excluding hydrogens is 508 g/mol. The number of nitrogens with zero attached hydrogens (tertiary/aromatic N) is 3. The summed E-state index contributed by atoms with van der Waals surface area (Å²) in [6, 6.07) is 10.7. The van der Waals surface area contributed by atoms with E-state index in [-0.39, 0.29) is 11.1 Å². The van der Waals surface area contributed by atoms with Gasteiger partial charge in [-0.2, -0.15) is 0 Å². The van der Waals surface area contributed by atoms with Gasteiger partial charge in [0.2, 0.25) is 0 Å². The number of halogens is 3. The van der Waals surface area contributed by atoms with Crippen LogP contribution in [0, 0.1) is 11.6 Å². The molecule has 1 saturated carbocycles. The lowest BCUT2D eigenvalue weighted by atomic mass is 9.94. The van der Waals surface area contributed by atoms with Gasteiger partial charge >= 0.3 is 0 Å². The summed E-state index contributed by atoms with van der Waals surface area (Å²) in [5.41, 5.74) is 3.00. The molecule has 2 aromatic heterocycles. The second-order valence-electron chi connectivity index (χ2n) is 10.6. The largest absolute Gasteiger partial charge is 0.381 e. The number of benzene rings is 2. The van der Waals surface area contributed by atoms with Crippen LogP contribution in [0.1, 0.15) is 43.5 Å². The first-order valence-electron chi connectivity index (χ1n) is 12.9. The molecule has 0 radical (unpaired) electrons. The average molecular weight is 536 g/mol. The lowest BCUT2D eigenvalue weighted by molar-refractivity contribution is 0.179. The van der Waals surface area contributed by atoms with Gasteiger partial charge in [0.1, 0.15) is 17.5 Å². The van der Waals surface area contributed by atoms with Crippen LogP contribution in [0.4, 0.5) is 14.5 Å². The summed E-state index contributed by atoms with van der Waals surface area (Å²) in [5.74, 6) is -0.818. The maximum Gasteiger partial charge on any atom is 0.258 e. The molecule has 2 aromatic carbocycles. The van der Waals surface area contributed by atoms with Crippen LogP contribution < -0.4 is 10.9 Å². The number of aromatic amines is 1. The number of rotatable bonds is 5. The lowest BCUT2D eigenvalue weighted by Gasteiger charge is -2.32. The van der Waals surface area contributed by atoms with E-state index in [1.54, 1.807) is 24.4 Å². The van der Waals surface area contributed by atoms with Crippen molar-refractivity contribution >= 4 is 28.2 Å². The molecular formula is C29H28ClF2N5O. The summed E-state index contributed by atoms with van der Waals surface area (Å²) in [5, 5.41) is 4.56. The molecule has 4 aromatic rings. The molecule has 0 bridgehead atoms. The lowest BCUT2D eigenvalue weighted by Crippen LogP contribution is -2.39. The Balaban J connectivity index is 1.22. The highest BCUT2D eigenvalue weighted by Gasteiger charge is 2.44. The Morgan fingerprint density at radius 3 is 2.68 bits per heavy atom. The third-order valence-corrected chi connectivity index (χ3v) is 8.40. The van der Waals surface area contributed by atoms with Crippen molar-refractivity contribution in [1.82, 2.24) is 19.9 Å². The van der Waals surface area contributed by atoms with E-state index < -0.39 is 11.6 Å². The molecule has 1 aliphatic carbocycles. The summed E-state index contributed by atoms with van der Waals surface area (Å²) < 4.78 is 27.1. The predicted molar refractivity (Wildman–Crippen MR) is 146 cm³/mol. The molecule has 2 fully saturated rings. The van der Waals surface area contributed by atoms with Crippen LogP contribution in [0.3, 0.4) is 0 Å². The average Bonchev–Trinajstić information content (AvgIpc) is 3.45. The summed E-state index contributed by atoms with van der Waals surface area (Å²) in [6.45, 7) is 1.15. The minimum Gasteiger partial charge on any atom is -0.381 e. The maximum atomic E-state index is 13.6. The van der Waals surface area contributed by atoms with Gasteiger partial charge in [-0.25, -0.2) is 13.8 Å². The normalized spacial score (nSPS) is 21.5. The number of pyridine rings is 1. The fraction of sp³-hybridized carbons (Fsp3) is 0.345. The van der Waals surface area contributed by atoms with Gasteiger partial charge in [-0.15, -0.1) is 0 Å². The Morgan fingerprint density at radius 2 is 1.97 bits per heavy atom. The van der Waals surface area contributed by atoms with Crippen molar-refractivity contribution in [3.8, 4) is 11.3 Å². The molecule has 196 valence electrons. The maximum absolute atomic E-state index is 13.6. The number of H-pyrrole nitrogens is 1. The van der Waals surface area contributed by atoms with Crippen molar-refractivity contribution in [2.45, 2.75) is 50.1 Å². The van der Waals surface area contributed by atoms with Crippen molar-refractivity contribution in [2.75, 3.05) is 18.9 Å². The molecule has 2 aliphatic rings. The summed E-state index contributed by atoms with van der Waals surface area (Å²) in [6.07, 6.45) is 7.79. The van der Waals surface area contributed by atoms with E-state index in [9.17, 15) is 13.6 Å². The molecule has 9 heteroatoms. The van der Waals surface area contributed by atoms with Crippen LogP contribution in [-0.2, 0) is 6.42 Å². The Kier molecular flexibility index (Phi) is 6.40. The van der Waals surface area contributed by atoms with Crippen LogP contribution >= 0.6 is 11.6 Å². The van der Waals surface area contributed by atoms with E-state index in [1.807, 2.05) is 6.07 Å². The first-order chi connectivity index (χ1) is 18.3. The monoisotopic (exact) mass is 535 g/mol. The van der Waals surface area contributed by atoms with Gasteiger partial charge in [0.15, 0.2) is 0 Å². The van der Waals surface area contributed by atoms with Crippen LogP contribution in [0.2, 0.25) is 5.02 Å². The summed E-state index contributed by atoms with van der Waals surface area (Å²) in [7, 11) is 2.22. The smallest absolute Gasteiger partial charge is 0.258 e. The van der Waals surface area contributed by atoms with E-state index in [0.29, 0.717) is 45.5 Å². The van der Waals surface area contributed by atoms with E-state index in [1.165, 1.54) is 31.4 Å². The molecule has 1 aliphatic heterocycles. The van der Waals surface area contributed by atoms with Crippen LogP contribution in [-0.4, -0.2) is 45.0 Å². The first kappa shape index (κ1) is 24.9. The van der Waals surface area contributed by atoms with Crippen molar-refractivity contribution in [3.05, 3.63) is 87.1 Å². The van der Waals surface area contributed by atoms with Gasteiger partial charge < -0.3 is 15.2 Å². The quantitative estimate of drug-likeness (QED) is 0.331. The molecule has 0 amide bonds. The molecule has 0 unspecified atom stereocenters. The van der Waals surface area contributed by atoms with Gasteiger partial charge in [-0.05, 0) is 81.6 Å². The number of fused-ring (bicyclic) bond motifs is 1. The van der Waals surface area contributed by atoms with Gasteiger partial charge in [-0.3, -0.25) is 9.78 Å². The SMILES string of the molecule is CN1CCC[C@@]12CC[C@H](Nc1cc3nc(Cc4ccc(-c5cc(F)cc(F)c5)nc4)[nH]c(=O)c3cc1Cl)C2. The molecule has 2 N–H and O–H groups in total. The molecule has 1 saturated heterocycles. The zero-order valence-corrected chi connectivity index (χ0v) is 21.8. The summed E-state index contributed by atoms with van der Waals surface area (Å²) in [4.78, 5) is 27.2. The molecule has 38 heavy (non-hydrogen) atoms. The van der Waals surface area contributed by atoms with E-state index in [0.717, 1.165) is 36.7 Å². The Morgan fingerprint density at radius 1 is 1.16 bits per heavy atom. The standard InChI is InChI=1S/C29H28ClF2N5O/c1-37-8-2-6-29(37)7-5-21(15-29)34-26-14-25-22(13-23(26)30)28(38)36-27(35-25)9-17-3-4-24(33-16-17)18-10-19(31)12-20(32)11-18/h3-4,10-14,16,21,34H,2,5-9,15H2,1H3,(H,35,36,38)/t21-,29-/m0/s1. The van der Waals surface area contributed by atoms with Crippen molar-refractivity contribution in [3.63, 3.8) is 0 Å². The van der Waals surface area contributed by atoms with Crippen molar-refractivity contribution < 1.29 is 8.78 Å². The first-order valence-corrected chi connectivity index (χ1v) is 13.3. The predicted octanol–water partition coefficient (Wildman–Crippen LogP) is 5.94. The molecule has 2 atom stereocenters. The molecule has 6 rings (SSSR count). The van der Waals surface area contributed by atoms with Gasteiger partial charge in [-0.1, -0.05) is 17.7 Å². The van der Waals surface area contributed by atoms with Gasteiger partial charge in [0.25, 0.3) is 5.56 Å². The highest BCUT2D eigenvalue weighted by atomic mass is 35.5. The minimum atomic E-state index is -0.656. The number of likely N-dealkylation sites (tertiary alicyclic amines) is 1. The number of aromatic nitrogens is 3. The number of nitrogens with one attached hydrogen (secondary N) is 2. The second kappa shape index (κ2) is 9.75. The number of hydrogen-bond donors (Lipinski definition) is 2. The van der Waals surface area contributed by atoms with Crippen molar-refractivity contribution in [2.24, 2.45) is 0 Å². The molecule has 6 nitrogen and oxygen atoms in total. The topological polar surface area (TPSA) is 73.9 Å². The Bertz CT molecular complexity index is 1550. The van der Waals surface area contributed by atoms with Crippen LogP contribution in [0.25, 0.3) is 22.2 Å². The van der Waals surface area contributed by atoms with Gasteiger partial charge in [0, 0.05) is 35.8 Å². The molecule has 3 heterocycles. The fourth-order valence-corrected chi connectivity index (χ4v) is 6.31. The van der Waals surface area contributed by atoms with Gasteiger partial charge in [0.05, 0.1) is 27.3 Å². The van der Waals surface area contributed by atoms with E-state index >= 15 is 0 Å². The number of hydrogen-bond acceptors (Lipinski definition) is 5. The van der Waals surface area contributed by atoms with Crippen LogP contribution in [0.15, 0.2) is 53.5 Å². The third kappa shape index (κ3) is 4.78. The Hall–Kier alpha value is -3.36. The second-order valence-corrected chi connectivity index (χ2v) is 11.0. The van der Waals surface area contributed by atoms with Crippen LogP contribution in [0.5, 0.6) is 0 Å². The Labute approximate surface area is 224 Å². The van der Waals surface area contributed by atoms with E-state index in [2.05, 4.69) is 27.2 Å². The summed E-state index contributed by atoms with van der Waals surface area (Å²) >= 11 is 6.58. The zero-order chi connectivity index (χ0) is 26.4. The highest BCUT2D eigenvalue weighted by molar-refractivity contribution is 6.34. The van der Waals surface area contributed by atoms with E-state index in [4.69, 9.17) is 16.6 Å². The number of anilines is 1. The zero-order valence-electron chi connectivity index (χ0n) is 21.0. The minimum absolute atomic E-state index is 0.259. The van der Waals surface area contributed by atoms with Crippen molar-refractivity contribution in [1.29, 1.82) is 0 Å². The molecule has 1 spiro atoms. The third-order valence-electron chi connectivity index (χ3n) is 8.09. The fourth-order valence-electron chi connectivity index (χ4n) is 6.09.